The summed E-state index contributed by atoms with van der Waals surface area (Å²) in [7, 11) is 3.33. The molecule has 1 aliphatic rings. The minimum Gasteiger partial charge on any atom is -0.497 e. The van der Waals surface area contributed by atoms with Gasteiger partial charge in [-0.25, -0.2) is 0 Å². The molecule has 32 heavy (non-hydrogen) atoms. The number of ether oxygens (including phenoxy) is 2. The van der Waals surface area contributed by atoms with Crippen LogP contribution in [0.3, 0.4) is 0 Å². The summed E-state index contributed by atoms with van der Waals surface area (Å²) in [6.45, 7) is 1.21. The Morgan fingerprint density at radius 3 is 1.56 bits per heavy atom. The predicted octanol–water partition coefficient (Wildman–Crippen LogP) is 4.47. The largest absolute Gasteiger partial charge is 0.497 e. The Bertz CT molecular complexity index is 919. The van der Waals surface area contributed by atoms with Gasteiger partial charge in [-0.2, -0.15) is 15.0 Å². The fourth-order valence-electron chi connectivity index (χ4n) is 3.70. The molecule has 2 aromatic carbocycles. The lowest BCUT2D eigenvalue weighted by Gasteiger charge is -2.15. The normalized spacial score (nSPS) is 13.6. The molecule has 0 atom stereocenters. The minimum atomic E-state index is 0.418. The summed E-state index contributed by atoms with van der Waals surface area (Å²) in [5.41, 5.74) is 2.23. The van der Waals surface area contributed by atoms with E-state index in [2.05, 4.69) is 30.9 Å². The molecule has 1 fully saturated rings. The van der Waals surface area contributed by atoms with Gasteiger partial charge in [-0.1, -0.05) is 37.1 Å². The maximum Gasteiger partial charge on any atom is 0.229 e. The van der Waals surface area contributed by atoms with Crippen molar-refractivity contribution in [2.75, 3.05) is 30.2 Å². The van der Waals surface area contributed by atoms with E-state index in [-0.39, 0.29) is 0 Å². The van der Waals surface area contributed by atoms with Crippen molar-refractivity contribution in [1.82, 2.24) is 15.0 Å². The number of hydrogen-bond acceptors (Lipinski definition) is 8. The number of anilines is 3. The number of benzene rings is 2. The van der Waals surface area contributed by atoms with E-state index in [0.29, 0.717) is 37.0 Å². The van der Waals surface area contributed by atoms with Crippen LogP contribution in [-0.4, -0.2) is 35.2 Å². The van der Waals surface area contributed by atoms with Crippen LogP contribution in [0.15, 0.2) is 48.5 Å². The van der Waals surface area contributed by atoms with Gasteiger partial charge in [-0.05, 0) is 48.2 Å². The Labute approximate surface area is 188 Å². The third-order valence-corrected chi connectivity index (χ3v) is 5.54. The van der Waals surface area contributed by atoms with Crippen LogP contribution in [0, 0.1) is 0 Å². The summed E-state index contributed by atoms with van der Waals surface area (Å²) < 4.78 is 10.5. The van der Waals surface area contributed by atoms with Gasteiger partial charge in [0.25, 0.3) is 0 Å². The van der Waals surface area contributed by atoms with Crippen molar-refractivity contribution in [3.8, 4) is 11.5 Å². The van der Waals surface area contributed by atoms with Gasteiger partial charge in [0.15, 0.2) is 0 Å². The smallest absolute Gasteiger partial charge is 0.229 e. The van der Waals surface area contributed by atoms with E-state index in [1.54, 1.807) is 14.2 Å². The van der Waals surface area contributed by atoms with E-state index in [1.165, 1.54) is 12.8 Å². The Balaban J connectivity index is 1.45. The first-order valence-corrected chi connectivity index (χ1v) is 11.0. The number of rotatable bonds is 10. The molecule has 8 heteroatoms. The fourth-order valence-corrected chi connectivity index (χ4v) is 3.70. The van der Waals surface area contributed by atoms with E-state index in [0.717, 1.165) is 35.5 Å². The van der Waals surface area contributed by atoms with Crippen molar-refractivity contribution >= 4 is 17.8 Å². The van der Waals surface area contributed by atoms with Gasteiger partial charge >= 0.3 is 0 Å². The quantitative estimate of drug-likeness (QED) is 0.430. The van der Waals surface area contributed by atoms with Crippen molar-refractivity contribution in [2.45, 2.75) is 44.8 Å². The number of methoxy groups -OCH3 is 2. The van der Waals surface area contributed by atoms with E-state index >= 15 is 0 Å². The molecule has 1 heterocycles. The Kier molecular flexibility index (Phi) is 7.22. The van der Waals surface area contributed by atoms with Crippen molar-refractivity contribution in [3.05, 3.63) is 59.7 Å². The van der Waals surface area contributed by atoms with Crippen molar-refractivity contribution in [1.29, 1.82) is 0 Å². The van der Waals surface area contributed by atoms with Crippen LogP contribution in [-0.2, 0) is 13.1 Å². The van der Waals surface area contributed by atoms with Gasteiger partial charge in [0, 0.05) is 19.1 Å². The van der Waals surface area contributed by atoms with Gasteiger partial charge in [-0.15, -0.1) is 0 Å². The van der Waals surface area contributed by atoms with Gasteiger partial charge < -0.3 is 25.4 Å². The molecule has 1 aromatic heterocycles. The second kappa shape index (κ2) is 10.7. The lowest BCUT2D eigenvalue weighted by atomic mass is 10.2. The summed E-state index contributed by atoms with van der Waals surface area (Å²) in [5.74, 6) is 3.34. The van der Waals surface area contributed by atoms with Crippen LogP contribution in [0.1, 0.15) is 36.8 Å². The van der Waals surface area contributed by atoms with Crippen LogP contribution in [0.5, 0.6) is 11.5 Å². The topological polar surface area (TPSA) is 93.2 Å². The monoisotopic (exact) mass is 434 g/mol. The molecule has 3 aromatic rings. The summed E-state index contributed by atoms with van der Waals surface area (Å²) >= 11 is 0. The molecule has 0 radical (unpaired) electrons. The average Bonchev–Trinajstić information content (AvgIpc) is 3.35. The highest BCUT2D eigenvalue weighted by molar-refractivity contribution is 5.44. The second-order valence-corrected chi connectivity index (χ2v) is 7.84. The zero-order valence-electron chi connectivity index (χ0n) is 18.6. The summed E-state index contributed by atoms with van der Waals surface area (Å²) in [5, 5.41) is 10.1. The molecule has 0 bridgehead atoms. The highest BCUT2D eigenvalue weighted by Crippen LogP contribution is 2.22. The van der Waals surface area contributed by atoms with Crippen LogP contribution in [0.25, 0.3) is 0 Å². The average molecular weight is 435 g/mol. The first-order chi connectivity index (χ1) is 15.7. The second-order valence-electron chi connectivity index (χ2n) is 7.84. The standard InChI is InChI=1S/C24H30N6O2/c1-31-20-11-7-17(8-12-20)15-25-22-28-23(26-16-18-9-13-21(32-2)14-10-18)30-24(29-22)27-19-5-3-4-6-19/h7-14,19H,3-6,15-16H2,1-2H3,(H3,25,26,27,28,29,30). The first-order valence-electron chi connectivity index (χ1n) is 11.0. The maximum absolute atomic E-state index is 5.23. The van der Waals surface area contributed by atoms with Crippen molar-refractivity contribution < 1.29 is 9.47 Å². The SMILES string of the molecule is COc1ccc(CNc2nc(NCc3ccc(OC)cc3)nc(NC3CCCC3)n2)cc1. The third-order valence-electron chi connectivity index (χ3n) is 5.54. The van der Waals surface area contributed by atoms with Crippen molar-refractivity contribution in [2.24, 2.45) is 0 Å². The molecule has 168 valence electrons. The van der Waals surface area contributed by atoms with Gasteiger partial charge in [0.2, 0.25) is 17.8 Å². The fraction of sp³-hybridized carbons (Fsp3) is 0.375. The van der Waals surface area contributed by atoms with Gasteiger partial charge in [-0.3, -0.25) is 0 Å². The Morgan fingerprint density at radius 2 is 1.12 bits per heavy atom. The third kappa shape index (κ3) is 6.00. The lowest BCUT2D eigenvalue weighted by Crippen LogP contribution is -2.19. The van der Waals surface area contributed by atoms with Crippen LogP contribution < -0.4 is 25.4 Å². The summed E-state index contributed by atoms with van der Waals surface area (Å²) in [4.78, 5) is 13.8. The predicted molar refractivity (Wildman–Crippen MR) is 126 cm³/mol. The van der Waals surface area contributed by atoms with E-state index in [4.69, 9.17) is 9.47 Å². The van der Waals surface area contributed by atoms with Gasteiger partial charge in [0.05, 0.1) is 14.2 Å². The van der Waals surface area contributed by atoms with Crippen LogP contribution in [0.2, 0.25) is 0 Å². The molecule has 3 N–H and O–H groups in total. The zero-order chi connectivity index (χ0) is 22.2. The van der Waals surface area contributed by atoms with E-state index in [1.807, 2.05) is 48.5 Å². The summed E-state index contributed by atoms with van der Waals surface area (Å²) in [6, 6.07) is 16.3. The number of aromatic nitrogens is 3. The van der Waals surface area contributed by atoms with Crippen LogP contribution in [0.4, 0.5) is 17.8 Å². The van der Waals surface area contributed by atoms with Crippen molar-refractivity contribution in [3.63, 3.8) is 0 Å². The molecule has 1 saturated carbocycles. The molecule has 1 aliphatic carbocycles. The molecule has 0 unspecified atom stereocenters. The van der Waals surface area contributed by atoms with Crippen LogP contribution >= 0.6 is 0 Å². The molecule has 0 aliphatic heterocycles. The Hall–Kier alpha value is -3.55. The molecule has 0 saturated heterocycles. The Morgan fingerprint density at radius 1 is 0.688 bits per heavy atom. The molecular formula is C24H30N6O2. The van der Waals surface area contributed by atoms with E-state index < -0.39 is 0 Å². The number of nitrogens with one attached hydrogen (secondary N) is 3. The molecule has 0 spiro atoms. The zero-order valence-corrected chi connectivity index (χ0v) is 18.6. The molecule has 8 nitrogen and oxygen atoms in total. The molecular weight excluding hydrogens is 404 g/mol. The number of hydrogen-bond donors (Lipinski definition) is 3. The van der Waals surface area contributed by atoms with Gasteiger partial charge in [0.1, 0.15) is 11.5 Å². The molecule has 4 rings (SSSR count). The highest BCUT2D eigenvalue weighted by atomic mass is 16.5. The number of nitrogens with zero attached hydrogens (tertiary/aromatic N) is 3. The minimum absolute atomic E-state index is 0.418. The first kappa shape index (κ1) is 21.7. The van der Waals surface area contributed by atoms with E-state index in [9.17, 15) is 0 Å². The molecule has 0 amide bonds. The summed E-state index contributed by atoms with van der Waals surface area (Å²) in [6.07, 6.45) is 4.78. The highest BCUT2D eigenvalue weighted by Gasteiger charge is 2.17. The maximum atomic E-state index is 5.23. The lowest BCUT2D eigenvalue weighted by molar-refractivity contribution is 0.414.